The summed E-state index contributed by atoms with van der Waals surface area (Å²) in [5.74, 6) is -1.77. The first-order valence-corrected chi connectivity index (χ1v) is 21.3. The molecule has 1 fully saturated rings. The number of amides is 1. The van der Waals surface area contributed by atoms with Crippen LogP contribution >= 0.6 is 11.3 Å². The number of aromatic nitrogens is 4. The Hall–Kier alpha value is -6.30. The Morgan fingerprint density at radius 1 is 1.03 bits per heavy atom. The van der Waals surface area contributed by atoms with Gasteiger partial charge < -0.3 is 23.9 Å². The van der Waals surface area contributed by atoms with Crippen LogP contribution in [0.3, 0.4) is 0 Å². The van der Waals surface area contributed by atoms with Crippen LogP contribution in [-0.2, 0) is 34.9 Å². The molecule has 1 saturated heterocycles. The van der Waals surface area contributed by atoms with Crippen LogP contribution in [0.4, 0.5) is 28.2 Å². The van der Waals surface area contributed by atoms with E-state index in [1.165, 1.54) is 23.1 Å². The summed E-state index contributed by atoms with van der Waals surface area (Å²) in [6.07, 6.45) is -2.95. The Kier molecular flexibility index (Phi) is 11.8. The van der Waals surface area contributed by atoms with Gasteiger partial charge in [0.1, 0.15) is 28.7 Å². The van der Waals surface area contributed by atoms with Crippen molar-refractivity contribution in [3.8, 4) is 27.6 Å². The van der Waals surface area contributed by atoms with Crippen LogP contribution in [-0.4, -0.2) is 63.0 Å². The first-order valence-electron chi connectivity index (χ1n) is 20.5. The molecule has 4 aromatic heterocycles. The van der Waals surface area contributed by atoms with Crippen LogP contribution in [0.1, 0.15) is 103 Å². The molecule has 2 atom stereocenters. The molecule has 0 radical (unpaired) electrons. The number of carbonyl (C=O) groups is 2. The lowest BCUT2D eigenvalue weighted by Crippen LogP contribution is -2.37. The van der Waals surface area contributed by atoms with Gasteiger partial charge in [-0.1, -0.05) is 24.3 Å². The number of rotatable bonds is 11. The summed E-state index contributed by atoms with van der Waals surface area (Å²) in [6.45, 7) is 7.05. The molecule has 2 aromatic carbocycles. The minimum Gasteiger partial charge on any atom is -0.496 e. The van der Waals surface area contributed by atoms with E-state index in [1.54, 1.807) is 46.9 Å². The van der Waals surface area contributed by atoms with E-state index in [9.17, 15) is 31.9 Å². The second kappa shape index (κ2) is 17.1. The first kappa shape index (κ1) is 43.4. The molecule has 1 amide bonds. The third-order valence-electron chi connectivity index (χ3n) is 11.0. The number of hydrogen-bond acceptors (Lipinski definition) is 12. The number of H-pyrrole nitrogens is 1. The number of fused-ring (bicyclic) bond motifs is 2. The van der Waals surface area contributed by atoms with E-state index in [1.807, 2.05) is 18.2 Å². The van der Waals surface area contributed by atoms with Gasteiger partial charge >= 0.3 is 24.0 Å². The van der Waals surface area contributed by atoms with Crippen LogP contribution in [0, 0.1) is 5.82 Å². The molecule has 0 bridgehead atoms. The van der Waals surface area contributed by atoms with Gasteiger partial charge in [-0.15, -0.1) is 16.4 Å². The Morgan fingerprint density at radius 3 is 2.49 bits per heavy atom. The van der Waals surface area contributed by atoms with Gasteiger partial charge in [0.25, 0.3) is 5.89 Å². The summed E-state index contributed by atoms with van der Waals surface area (Å²) >= 11 is 1.07. The largest absolute Gasteiger partial charge is 0.496 e. The fourth-order valence-electron chi connectivity index (χ4n) is 8.35. The number of nitrogens with zero attached hydrogens (tertiary/aromatic N) is 4. The van der Waals surface area contributed by atoms with Gasteiger partial charge in [-0.2, -0.15) is 13.2 Å². The van der Waals surface area contributed by atoms with Crippen molar-refractivity contribution in [3.05, 3.63) is 110 Å². The molecule has 8 rings (SSSR count). The van der Waals surface area contributed by atoms with Gasteiger partial charge in [0.05, 0.1) is 53.0 Å². The van der Waals surface area contributed by atoms with Crippen LogP contribution < -0.4 is 15.8 Å². The van der Waals surface area contributed by atoms with Gasteiger partial charge in [0, 0.05) is 17.0 Å². The lowest BCUT2D eigenvalue weighted by Gasteiger charge is -2.30. The maximum Gasteiger partial charge on any atom is 0.434 e. The van der Waals surface area contributed by atoms with Gasteiger partial charge in [-0.05, 0) is 119 Å². The number of thiophene rings is 1. The lowest BCUT2D eigenvalue weighted by atomic mass is 9.91. The zero-order valence-corrected chi connectivity index (χ0v) is 35.9. The first-order chi connectivity index (χ1) is 30.0. The third kappa shape index (κ3) is 8.85. The minimum absolute atomic E-state index is 0.0278. The maximum atomic E-state index is 14.7. The zero-order chi connectivity index (χ0) is 44.8. The van der Waals surface area contributed by atoms with E-state index in [4.69, 9.17) is 23.6 Å². The lowest BCUT2D eigenvalue weighted by molar-refractivity contribution is -0.141. The van der Waals surface area contributed by atoms with Crippen LogP contribution in [0.25, 0.3) is 32.0 Å². The van der Waals surface area contributed by atoms with Crippen LogP contribution in [0.15, 0.2) is 63.8 Å². The maximum absolute atomic E-state index is 14.7. The molecular formula is C45H44F4N6O7S. The zero-order valence-electron chi connectivity index (χ0n) is 35.1. The number of aryl methyl sites for hydroxylation is 2. The van der Waals surface area contributed by atoms with Crippen molar-refractivity contribution in [1.82, 2.24) is 25.1 Å². The second-order valence-electron chi connectivity index (χ2n) is 16.3. The Balaban J connectivity index is 1.39. The van der Waals surface area contributed by atoms with E-state index in [0.29, 0.717) is 42.6 Å². The Morgan fingerprint density at radius 2 is 1.81 bits per heavy atom. The van der Waals surface area contributed by atoms with Crippen molar-refractivity contribution < 1.29 is 45.8 Å². The quantitative estimate of drug-likeness (QED) is 0.0941. The molecule has 6 aromatic rings. The van der Waals surface area contributed by atoms with Crippen molar-refractivity contribution in [2.75, 3.05) is 25.6 Å². The summed E-state index contributed by atoms with van der Waals surface area (Å²) < 4.78 is 81.0. The number of benzene rings is 2. The molecule has 330 valence electrons. The minimum atomic E-state index is -4.83. The molecule has 0 spiro atoms. The topological polar surface area (TPSA) is 162 Å². The highest BCUT2D eigenvalue weighted by Gasteiger charge is 2.41. The summed E-state index contributed by atoms with van der Waals surface area (Å²) in [7, 11) is 1.56. The number of ether oxygens (including phenoxy) is 3. The standard InChI is InChI=1S/C45H44F4N6O7S/c1-6-60-41(56)36-35(32-21-24-22-33(45(47,48)49)52-39(38(24)63-32)51-28-19-17-27-26(28)9-7-11-31(27)59-5)34(40-53-54-42(57)61-40)29(18-14-23-12-15-25(46)16-13-23)50-37(36)30-10-8-20-55(30)43(58)62-44(2,3)4/h7,9,11-13,15-16,21-22,28,30H,6,8,10,14,17-20H2,1-5H3,(H,51,52)(H,54,57)/t28-,30+/m1/s1. The van der Waals surface area contributed by atoms with Gasteiger partial charge in [-0.3, -0.25) is 9.88 Å². The number of nitrogens with one attached hydrogen (secondary N) is 2. The summed E-state index contributed by atoms with van der Waals surface area (Å²) in [5.41, 5.74) is 1.13. The Labute approximate surface area is 362 Å². The molecule has 5 heterocycles. The highest BCUT2D eigenvalue weighted by molar-refractivity contribution is 7.23. The average Bonchev–Trinajstić information content (AvgIpc) is 4.06. The van der Waals surface area contributed by atoms with E-state index >= 15 is 0 Å². The van der Waals surface area contributed by atoms with E-state index < -0.39 is 53.2 Å². The van der Waals surface area contributed by atoms with Crippen molar-refractivity contribution in [1.29, 1.82) is 0 Å². The highest BCUT2D eigenvalue weighted by Crippen LogP contribution is 2.49. The number of anilines is 1. The van der Waals surface area contributed by atoms with Crippen molar-refractivity contribution in [3.63, 3.8) is 0 Å². The van der Waals surface area contributed by atoms with Gasteiger partial charge in [0.15, 0.2) is 0 Å². The molecule has 1 aliphatic carbocycles. The second-order valence-corrected chi connectivity index (χ2v) is 17.4. The smallest absolute Gasteiger partial charge is 0.434 e. The number of alkyl halides is 3. The molecule has 63 heavy (non-hydrogen) atoms. The van der Waals surface area contributed by atoms with Crippen molar-refractivity contribution in [2.24, 2.45) is 0 Å². The fourth-order valence-corrected chi connectivity index (χ4v) is 9.49. The van der Waals surface area contributed by atoms with Crippen molar-refractivity contribution in [2.45, 2.75) is 90.1 Å². The third-order valence-corrected chi connectivity index (χ3v) is 12.2. The molecular weight excluding hydrogens is 845 g/mol. The van der Waals surface area contributed by atoms with E-state index in [0.717, 1.165) is 34.1 Å². The predicted octanol–water partition coefficient (Wildman–Crippen LogP) is 10.0. The van der Waals surface area contributed by atoms with E-state index in [2.05, 4.69) is 20.5 Å². The summed E-state index contributed by atoms with van der Waals surface area (Å²) in [5, 5.41) is 9.91. The SMILES string of the molecule is CCOC(=O)c1c([C@@H]2CCCN2C(=O)OC(C)(C)C)nc(CCc2ccc(F)cc2)c(-c2n[nH]c(=O)o2)c1-c1cc2cc(C(F)(F)F)nc(N[C@@H]3CCc4c(OC)cccc43)c2s1. The monoisotopic (exact) mass is 888 g/mol. The molecule has 2 aliphatic rings. The molecule has 0 unspecified atom stereocenters. The molecule has 13 nitrogen and oxygen atoms in total. The molecule has 1 aliphatic heterocycles. The van der Waals surface area contributed by atoms with Crippen molar-refractivity contribution >= 4 is 39.3 Å². The van der Waals surface area contributed by atoms with Gasteiger partial charge in [-0.25, -0.2) is 28.9 Å². The fraction of sp³-hybridized carbons (Fsp3) is 0.378. The number of aromatic amines is 1. The molecule has 18 heteroatoms. The average molecular weight is 889 g/mol. The number of esters is 1. The molecule has 0 saturated carbocycles. The van der Waals surface area contributed by atoms with E-state index in [-0.39, 0.29) is 69.6 Å². The Bertz CT molecular complexity index is 2760. The number of methoxy groups -OCH3 is 1. The number of pyridine rings is 2. The molecule has 2 N–H and O–H groups in total. The summed E-state index contributed by atoms with van der Waals surface area (Å²) in [6, 6.07) is 12.7. The van der Waals surface area contributed by atoms with Crippen LogP contribution in [0.2, 0.25) is 0 Å². The summed E-state index contributed by atoms with van der Waals surface area (Å²) in [4.78, 5) is 52.0. The van der Waals surface area contributed by atoms with Crippen LogP contribution in [0.5, 0.6) is 5.75 Å². The van der Waals surface area contributed by atoms with Gasteiger partial charge in [0.2, 0.25) is 0 Å². The predicted molar refractivity (Wildman–Crippen MR) is 226 cm³/mol. The normalized spacial score (nSPS) is 16.4. The number of likely N-dealkylation sites (tertiary alicyclic amines) is 1. The number of hydrogen-bond donors (Lipinski definition) is 2. The number of carbonyl (C=O) groups excluding carboxylic acids is 2. The highest BCUT2D eigenvalue weighted by atomic mass is 32.1. The number of halogens is 4.